The lowest BCUT2D eigenvalue weighted by atomic mass is 10.0. The number of aromatic hydroxyl groups is 2. The molecule has 8 nitrogen and oxygen atoms in total. The molecule has 0 radical (unpaired) electrons. The summed E-state index contributed by atoms with van der Waals surface area (Å²) in [6, 6.07) is 21.2. The summed E-state index contributed by atoms with van der Waals surface area (Å²) in [4.78, 5) is 33.5. The Balaban J connectivity index is 1.38. The van der Waals surface area contributed by atoms with Crippen molar-refractivity contribution >= 4 is 79.5 Å². The van der Waals surface area contributed by atoms with Gasteiger partial charge in [-0.1, -0.05) is 60.7 Å². The molecule has 4 N–H and O–H groups in total. The second kappa shape index (κ2) is 10.9. The van der Waals surface area contributed by atoms with Crippen molar-refractivity contribution in [2.45, 2.75) is 0 Å². The molecule has 0 atom stereocenters. The van der Waals surface area contributed by atoms with E-state index in [1.54, 1.807) is 35.0 Å². The lowest BCUT2D eigenvalue weighted by Gasteiger charge is -2.07. The Morgan fingerprint density at radius 2 is 1.00 bits per heavy atom. The third-order valence-electron chi connectivity index (χ3n) is 6.68. The SMILES string of the molecule is O=C(O)/C(=C\c1c(O)ccc2ccccc12)c1csc(-c2nc(/C(=C\c3c(O)ccc4ccccc34)C(=O)O)cs2)n1. The highest BCUT2D eigenvalue weighted by atomic mass is 32.1. The minimum Gasteiger partial charge on any atom is -0.507 e. The Bertz CT molecular complexity index is 1940. The monoisotopic (exact) mass is 592 g/mol. The number of benzene rings is 4. The van der Waals surface area contributed by atoms with Crippen LogP contribution in [0.2, 0.25) is 0 Å². The van der Waals surface area contributed by atoms with Crippen LogP contribution in [0.1, 0.15) is 22.5 Å². The van der Waals surface area contributed by atoms with Crippen LogP contribution in [0.3, 0.4) is 0 Å². The van der Waals surface area contributed by atoms with Crippen LogP contribution in [-0.4, -0.2) is 42.3 Å². The number of aromatic nitrogens is 2. The molecule has 6 aromatic rings. The van der Waals surface area contributed by atoms with Crippen molar-refractivity contribution in [1.29, 1.82) is 0 Å². The zero-order valence-corrected chi connectivity index (χ0v) is 23.2. The number of hydrogen-bond donors (Lipinski definition) is 4. The molecule has 0 saturated heterocycles. The lowest BCUT2D eigenvalue weighted by Crippen LogP contribution is -2.01. The molecule has 0 amide bonds. The first kappa shape index (κ1) is 26.9. The molecule has 0 aliphatic rings. The second-order valence-corrected chi connectivity index (χ2v) is 11.0. The molecule has 0 fully saturated rings. The number of carbonyl (C=O) groups is 2. The van der Waals surface area contributed by atoms with Gasteiger partial charge in [-0.2, -0.15) is 0 Å². The molecular formula is C32H20N2O6S2. The van der Waals surface area contributed by atoms with Crippen LogP contribution in [-0.2, 0) is 9.59 Å². The fourth-order valence-corrected chi connectivity index (χ4v) is 6.33. The topological polar surface area (TPSA) is 141 Å². The van der Waals surface area contributed by atoms with E-state index in [9.17, 15) is 30.0 Å². The summed E-state index contributed by atoms with van der Waals surface area (Å²) in [5.74, 6) is -2.55. The first-order chi connectivity index (χ1) is 20.3. The van der Waals surface area contributed by atoms with E-state index in [0.29, 0.717) is 31.9 Å². The summed E-state index contributed by atoms with van der Waals surface area (Å²) in [6.45, 7) is 0. The zero-order valence-electron chi connectivity index (χ0n) is 21.6. The van der Waals surface area contributed by atoms with Crippen molar-refractivity contribution in [3.05, 3.63) is 106 Å². The second-order valence-electron chi connectivity index (χ2n) is 9.24. The van der Waals surface area contributed by atoms with E-state index in [-0.39, 0.29) is 34.0 Å². The van der Waals surface area contributed by atoms with E-state index in [0.717, 1.165) is 10.8 Å². The van der Waals surface area contributed by atoms with Crippen molar-refractivity contribution in [2.75, 3.05) is 0 Å². The molecular weight excluding hydrogens is 572 g/mol. The summed E-state index contributed by atoms with van der Waals surface area (Å²) < 4.78 is 0. The highest BCUT2D eigenvalue weighted by Crippen LogP contribution is 2.36. The predicted molar refractivity (Wildman–Crippen MR) is 165 cm³/mol. The van der Waals surface area contributed by atoms with Crippen LogP contribution in [0.15, 0.2) is 83.6 Å². The number of aliphatic carboxylic acids is 2. The van der Waals surface area contributed by atoms with Gasteiger partial charge in [0.25, 0.3) is 0 Å². The van der Waals surface area contributed by atoms with Gasteiger partial charge in [-0.3, -0.25) is 0 Å². The fourth-order valence-electron chi connectivity index (χ4n) is 4.64. The summed E-state index contributed by atoms with van der Waals surface area (Å²) >= 11 is 2.34. The number of phenols is 2. The molecule has 42 heavy (non-hydrogen) atoms. The quantitative estimate of drug-likeness (QED) is 0.142. The molecule has 0 aliphatic carbocycles. The molecule has 0 aliphatic heterocycles. The van der Waals surface area contributed by atoms with Crippen molar-refractivity contribution in [2.24, 2.45) is 0 Å². The van der Waals surface area contributed by atoms with E-state index < -0.39 is 11.9 Å². The van der Waals surface area contributed by atoms with Crippen molar-refractivity contribution < 1.29 is 30.0 Å². The molecule has 0 saturated carbocycles. The smallest absolute Gasteiger partial charge is 0.337 e. The molecule has 2 aromatic heterocycles. The molecule has 206 valence electrons. The molecule has 0 unspecified atom stereocenters. The highest BCUT2D eigenvalue weighted by Gasteiger charge is 2.21. The number of phenolic OH excluding ortho intramolecular Hbond substituents is 2. The van der Waals surface area contributed by atoms with E-state index >= 15 is 0 Å². The van der Waals surface area contributed by atoms with Crippen LogP contribution >= 0.6 is 22.7 Å². The van der Waals surface area contributed by atoms with Gasteiger partial charge in [0, 0.05) is 21.9 Å². The third kappa shape index (κ3) is 5.00. The van der Waals surface area contributed by atoms with E-state index in [1.165, 1.54) is 47.0 Å². The third-order valence-corrected chi connectivity index (χ3v) is 8.50. The van der Waals surface area contributed by atoms with Gasteiger partial charge in [-0.05, 0) is 45.8 Å². The average molecular weight is 593 g/mol. The van der Waals surface area contributed by atoms with Crippen LogP contribution in [0.4, 0.5) is 0 Å². The number of fused-ring (bicyclic) bond motifs is 2. The van der Waals surface area contributed by atoms with Crippen molar-refractivity contribution in [3.8, 4) is 21.5 Å². The summed E-state index contributed by atoms with van der Waals surface area (Å²) in [6.07, 6.45) is 2.79. The van der Waals surface area contributed by atoms with E-state index in [1.807, 2.05) is 36.4 Å². The summed E-state index contributed by atoms with van der Waals surface area (Å²) in [5.41, 5.74) is 0.869. The van der Waals surface area contributed by atoms with Gasteiger partial charge in [0.2, 0.25) is 0 Å². The highest BCUT2D eigenvalue weighted by molar-refractivity contribution is 7.19. The Morgan fingerprint density at radius 1 is 0.595 bits per heavy atom. The maximum absolute atomic E-state index is 12.3. The van der Waals surface area contributed by atoms with Crippen LogP contribution in [0, 0.1) is 0 Å². The van der Waals surface area contributed by atoms with Gasteiger partial charge in [-0.15, -0.1) is 22.7 Å². The number of hydrogen-bond acceptors (Lipinski definition) is 8. The molecule has 4 aromatic carbocycles. The number of nitrogens with zero attached hydrogens (tertiary/aromatic N) is 2. The number of carboxylic acids is 2. The molecule has 6 rings (SSSR count). The standard InChI is InChI=1S/C32H20N2O6S2/c35-27-11-9-17-5-1-3-7-19(17)21(27)13-23(31(37)38)25-15-41-29(33-25)30-34-26(16-42-30)24(32(39)40)14-22-20-8-4-2-6-18(20)10-12-28(22)36/h1-16,35-36H,(H,37,38)(H,39,40)/b23-13-,24-14+. The van der Waals surface area contributed by atoms with Crippen LogP contribution < -0.4 is 0 Å². The molecule has 10 heteroatoms. The Morgan fingerprint density at radius 3 is 1.40 bits per heavy atom. The van der Waals surface area contributed by atoms with Gasteiger partial charge in [-0.25, -0.2) is 19.6 Å². The minimum atomic E-state index is -1.22. The zero-order chi connectivity index (χ0) is 29.4. The van der Waals surface area contributed by atoms with Gasteiger partial charge >= 0.3 is 11.9 Å². The van der Waals surface area contributed by atoms with Gasteiger partial charge in [0.1, 0.15) is 11.5 Å². The maximum Gasteiger partial charge on any atom is 0.337 e. The normalized spacial score (nSPS) is 12.2. The summed E-state index contributed by atoms with van der Waals surface area (Å²) in [7, 11) is 0. The Labute approximate surface area is 246 Å². The Kier molecular flexibility index (Phi) is 6.99. The molecule has 0 spiro atoms. The van der Waals surface area contributed by atoms with Crippen molar-refractivity contribution in [3.63, 3.8) is 0 Å². The van der Waals surface area contributed by atoms with E-state index in [2.05, 4.69) is 9.97 Å². The number of rotatable bonds is 7. The molecule has 0 bridgehead atoms. The largest absolute Gasteiger partial charge is 0.507 e. The van der Waals surface area contributed by atoms with Crippen molar-refractivity contribution in [1.82, 2.24) is 9.97 Å². The first-order valence-electron chi connectivity index (χ1n) is 12.5. The lowest BCUT2D eigenvalue weighted by molar-refractivity contribution is -0.131. The Hall–Kier alpha value is -5.32. The maximum atomic E-state index is 12.3. The van der Waals surface area contributed by atoms with Gasteiger partial charge in [0.05, 0.1) is 22.5 Å². The molecule has 2 heterocycles. The summed E-state index contributed by atoms with van der Waals surface area (Å²) in [5, 5.41) is 48.1. The average Bonchev–Trinajstić information content (AvgIpc) is 3.66. The number of carboxylic acid groups (broad SMARTS) is 2. The fraction of sp³-hybridized carbons (Fsp3) is 0. The van der Waals surface area contributed by atoms with Gasteiger partial charge < -0.3 is 20.4 Å². The van der Waals surface area contributed by atoms with Crippen LogP contribution in [0.25, 0.3) is 54.9 Å². The minimum absolute atomic E-state index is 0.0577. The van der Waals surface area contributed by atoms with Crippen LogP contribution in [0.5, 0.6) is 11.5 Å². The first-order valence-corrected chi connectivity index (χ1v) is 14.3. The number of thiazole rings is 2. The van der Waals surface area contributed by atoms with E-state index in [4.69, 9.17) is 0 Å². The van der Waals surface area contributed by atoms with Gasteiger partial charge in [0.15, 0.2) is 10.0 Å². The predicted octanol–water partition coefficient (Wildman–Crippen LogP) is 7.23.